The molecule has 2 unspecified atom stereocenters. The number of carbonyl (C=O) groups is 4. The van der Waals surface area contributed by atoms with E-state index >= 15 is 0 Å². The van der Waals surface area contributed by atoms with Crippen LogP contribution in [0.1, 0.15) is 75.7 Å². The van der Waals surface area contributed by atoms with Crippen molar-refractivity contribution in [2.24, 2.45) is 17.1 Å². The first-order chi connectivity index (χ1) is 18.9. The highest BCUT2D eigenvalue weighted by molar-refractivity contribution is 6.31. The van der Waals surface area contributed by atoms with Crippen molar-refractivity contribution in [3.05, 3.63) is 28.9 Å². The second kappa shape index (κ2) is 10.6. The molecule has 0 radical (unpaired) electrons. The Labute approximate surface area is 238 Å². The highest BCUT2D eigenvalue weighted by atomic mass is 35.5. The Morgan fingerprint density at radius 2 is 1.90 bits per heavy atom. The van der Waals surface area contributed by atoms with E-state index in [9.17, 15) is 19.2 Å². The van der Waals surface area contributed by atoms with Gasteiger partial charge in [-0.25, -0.2) is 0 Å². The third-order valence-electron chi connectivity index (χ3n) is 8.87. The third kappa shape index (κ3) is 5.50. The zero-order chi connectivity index (χ0) is 28.8. The normalized spacial score (nSPS) is 24.2. The molecule has 3 aliphatic rings. The number of likely N-dealkylation sites (tertiary alicyclic amines) is 1. The van der Waals surface area contributed by atoms with Crippen molar-refractivity contribution < 1.29 is 23.9 Å². The number of H-pyrrole nitrogens is 1. The molecule has 2 aliphatic heterocycles. The molecule has 3 heterocycles. The number of halogens is 1. The number of amides is 4. The molecular weight excluding hydrogens is 534 g/mol. The Hall–Kier alpha value is -3.27. The number of aromatic amines is 1. The van der Waals surface area contributed by atoms with Gasteiger partial charge in [-0.15, -0.1) is 0 Å². The fraction of sp³-hybridized carbons (Fsp3) is 0.586. The van der Waals surface area contributed by atoms with Crippen molar-refractivity contribution in [3.8, 4) is 5.75 Å². The van der Waals surface area contributed by atoms with Crippen molar-refractivity contribution in [2.45, 2.75) is 82.8 Å². The number of hydrogen-bond donors (Lipinski definition) is 4. The van der Waals surface area contributed by atoms with Gasteiger partial charge in [0.2, 0.25) is 17.7 Å². The molecule has 1 aromatic heterocycles. The van der Waals surface area contributed by atoms with Crippen molar-refractivity contribution >= 4 is 46.1 Å². The molecule has 40 heavy (non-hydrogen) atoms. The van der Waals surface area contributed by atoms with Gasteiger partial charge in [0.1, 0.15) is 23.5 Å². The summed E-state index contributed by atoms with van der Waals surface area (Å²) in [6, 6.07) is 3.35. The number of ether oxygens (including phenoxy) is 1. The van der Waals surface area contributed by atoms with Gasteiger partial charge in [0.25, 0.3) is 5.91 Å². The number of methoxy groups -OCH3 is 1. The number of primary amides is 1. The van der Waals surface area contributed by atoms with Crippen LogP contribution >= 0.6 is 11.6 Å². The first-order valence-electron chi connectivity index (χ1n) is 14.0. The largest absolute Gasteiger partial charge is 0.496 e. The average Bonchev–Trinajstić information content (AvgIpc) is 3.56. The van der Waals surface area contributed by atoms with Gasteiger partial charge < -0.3 is 31.0 Å². The molecule has 10 nitrogen and oxygen atoms in total. The molecule has 3 atom stereocenters. The molecule has 1 saturated carbocycles. The Kier molecular flexibility index (Phi) is 7.50. The van der Waals surface area contributed by atoms with Crippen molar-refractivity contribution in [3.63, 3.8) is 0 Å². The molecule has 5 rings (SSSR count). The number of rotatable bonds is 7. The molecule has 2 aromatic rings. The van der Waals surface area contributed by atoms with Crippen LogP contribution in [0.3, 0.4) is 0 Å². The lowest BCUT2D eigenvalue weighted by molar-refractivity contribution is -0.131. The van der Waals surface area contributed by atoms with Crippen LogP contribution in [0.2, 0.25) is 5.02 Å². The van der Waals surface area contributed by atoms with Gasteiger partial charge in [0.05, 0.1) is 12.6 Å². The first kappa shape index (κ1) is 28.3. The number of aromatic nitrogens is 1. The number of fused-ring (bicyclic) bond motifs is 1. The molecule has 5 N–H and O–H groups in total. The maximum atomic E-state index is 14.0. The number of nitrogens with one attached hydrogen (secondary N) is 3. The lowest BCUT2D eigenvalue weighted by Gasteiger charge is -2.32. The zero-order valence-corrected chi connectivity index (χ0v) is 24.0. The fourth-order valence-electron chi connectivity index (χ4n) is 6.96. The van der Waals surface area contributed by atoms with Crippen LogP contribution in [0.5, 0.6) is 5.75 Å². The number of hydrogen-bond acceptors (Lipinski definition) is 5. The van der Waals surface area contributed by atoms with Gasteiger partial charge in [0.15, 0.2) is 0 Å². The van der Waals surface area contributed by atoms with Crippen molar-refractivity contribution in [1.82, 2.24) is 20.5 Å². The van der Waals surface area contributed by atoms with Crippen LogP contribution in [0.4, 0.5) is 0 Å². The first-order valence-corrected chi connectivity index (χ1v) is 14.4. The number of carbonyl (C=O) groups excluding carboxylic acids is 4. The fourth-order valence-corrected chi connectivity index (χ4v) is 7.17. The van der Waals surface area contributed by atoms with Crippen molar-refractivity contribution in [2.75, 3.05) is 13.7 Å². The second-order valence-corrected chi connectivity index (χ2v) is 12.9. The van der Waals surface area contributed by atoms with Crippen LogP contribution < -0.4 is 21.1 Å². The third-order valence-corrected chi connectivity index (χ3v) is 9.09. The topological polar surface area (TPSA) is 147 Å². The molecule has 3 fully saturated rings. The predicted octanol–water partition coefficient (Wildman–Crippen LogP) is 3.27. The van der Waals surface area contributed by atoms with E-state index in [2.05, 4.69) is 15.6 Å². The maximum absolute atomic E-state index is 14.0. The average molecular weight is 572 g/mol. The molecular formula is C29H38ClN5O5. The monoisotopic (exact) mass is 571 g/mol. The summed E-state index contributed by atoms with van der Waals surface area (Å²) in [5, 5.41) is 6.92. The smallest absolute Gasteiger partial charge is 0.271 e. The van der Waals surface area contributed by atoms with Gasteiger partial charge in [-0.05, 0) is 69.6 Å². The summed E-state index contributed by atoms with van der Waals surface area (Å²) in [5.74, 6) is -1.47. The Morgan fingerprint density at radius 3 is 2.52 bits per heavy atom. The lowest BCUT2D eigenvalue weighted by Crippen LogP contribution is -2.53. The Balaban J connectivity index is 1.40. The number of nitrogens with two attached hydrogens (primary N) is 1. The molecule has 1 spiro atoms. The Bertz CT molecular complexity index is 1350. The second-order valence-electron chi connectivity index (χ2n) is 12.4. The standard InChI is InChI=1S/C29H38ClN5O5/c1-28(2)13-16(25(37)34-28)9-20(24(31)36)33-26(38)22-14-29(7-5-4-6-8-29)15-35(22)27(39)21-12-18-19(32-21)10-17(30)11-23(18)40-3/h10-12,16,20,22,32H,4-9,13-15H2,1-3H3,(H2,31,36)(H,33,38)(H,34,37)/t16-,20?,22?/m1/s1. The molecule has 1 aromatic carbocycles. The van der Waals surface area contributed by atoms with E-state index in [0.29, 0.717) is 41.4 Å². The SMILES string of the molecule is COc1cc(Cl)cc2[nH]c(C(=O)N3CC4(CCCCC4)CC3C(=O)NC(C[C@@H]3CC(C)(C)NC3=O)C(N)=O)cc12. The van der Waals surface area contributed by atoms with E-state index < -0.39 is 29.8 Å². The van der Waals surface area contributed by atoms with E-state index in [1.54, 1.807) is 30.2 Å². The van der Waals surface area contributed by atoms with Crippen LogP contribution in [0, 0.1) is 11.3 Å². The minimum absolute atomic E-state index is 0.116. The predicted molar refractivity (Wildman–Crippen MR) is 151 cm³/mol. The van der Waals surface area contributed by atoms with Crippen LogP contribution in [-0.2, 0) is 14.4 Å². The molecule has 1 aliphatic carbocycles. The summed E-state index contributed by atoms with van der Waals surface area (Å²) >= 11 is 6.23. The molecule has 4 amide bonds. The van der Waals surface area contributed by atoms with Crippen molar-refractivity contribution in [1.29, 1.82) is 0 Å². The summed E-state index contributed by atoms with van der Waals surface area (Å²) in [6.45, 7) is 4.29. The van der Waals surface area contributed by atoms with Crippen LogP contribution in [-0.4, -0.2) is 64.8 Å². The quantitative estimate of drug-likeness (QED) is 0.403. The van der Waals surface area contributed by atoms with Gasteiger partial charge in [-0.3, -0.25) is 19.2 Å². The highest BCUT2D eigenvalue weighted by Crippen LogP contribution is 2.47. The van der Waals surface area contributed by atoms with Gasteiger partial charge in [-0.2, -0.15) is 0 Å². The number of benzene rings is 1. The van der Waals surface area contributed by atoms with E-state index in [0.717, 1.165) is 37.5 Å². The highest BCUT2D eigenvalue weighted by Gasteiger charge is 2.50. The number of nitrogens with zero attached hydrogens (tertiary/aromatic N) is 1. The van der Waals surface area contributed by atoms with Crippen LogP contribution in [0.15, 0.2) is 18.2 Å². The lowest BCUT2D eigenvalue weighted by atomic mass is 9.72. The molecule has 216 valence electrons. The van der Waals surface area contributed by atoms with E-state index in [4.69, 9.17) is 22.1 Å². The van der Waals surface area contributed by atoms with Crippen LogP contribution in [0.25, 0.3) is 10.9 Å². The summed E-state index contributed by atoms with van der Waals surface area (Å²) in [7, 11) is 1.54. The van der Waals surface area contributed by atoms with Gasteiger partial charge >= 0.3 is 0 Å². The Morgan fingerprint density at radius 1 is 1.18 bits per heavy atom. The minimum atomic E-state index is -1.02. The molecule has 11 heteroatoms. The summed E-state index contributed by atoms with van der Waals surface area (Å²) in [6.07, 6.45) is 6.28. The molecule has 0 bridgehead atoms. The van der Waals surface area contributed by atoms with E-state index in [-0.39, 0.29) is 29.2 Å². The maximum Gasteiger partial charge on any atom is 0.271 e. The summed E-state index contributed by atoms with van der Waals surface area (Å²) in [5.41, 5.74) is 6.14. The van der Waals surface area contributed by atoms with E-state index in [1.165, 1.54) is 0 Å². The molecule has 2 saturated heterocycles. The zero-order valence-electron chi connectivity index (χ0n) is 23.3. The summed E-state index contributed by atoms with van der Waals surface area (Å²) < 4.78 is 5.45. The van der Waals surface area contributed by atoms with Gasteiger partial charge in [-0.1, -0.05) is 30.9 Å². The van der Waals surface area contributed by atoms with E-state index in [1.807, 2.05) is 13.8 Å². The summed E-state index contributed by atoms with van der Waals surface area (Å²) in [4.78, 5) is 57.4. The van der Waals surface area contributed by atoms with Gasteiger partial charge in [0, 0.05) is 28.4 Å². The minimum Gasteiger partial charge on any atom is -0.496 e.